The molecule has 2 heterocycles. The minimum absolute atomic E-state index is 0.0736. The number of nitrogens with zero attached hydrogens (tertiary/aromatic N) is 3. The van der Waals surface area contributed by atoms with E-state index >= 15 is 0 Å². The average molecular weight is 450 g/mol. The van der Waals surface area contributed by atoms with Crippen molar-refractivity contribution in [2.75, 3.05) is 6.54 Å². The van der Waals surface area contributed by atoms with Gasteiger partial charge in [0, 0.05) is 10.8 Å². The molecule has 8 nitrogen and oxygen atoms in total. The SMILES string of the molecule is CC1=CC=C(c2csc(Cn3nc(CC(=O)NCC(N)=O)c4ccccc4c3=O)n2)CC1. The maximum absolute atomic E-state index is 13.0. The van der Waals surface area contributed by atoms with Crippen molar-refractivity contribution >= 4 is 39.5 Å². The molecule has 3 aromatic rings. The van der Waals surface area contributed by atoms with Gasteiger partial charge < -0.3 is 11.1 Å². The van der Waals surface area contributed by atoms with E-state index in [9.17, 15) is 14.4 Å². The first kappa shape index (κ1) is 21.6. The molecule has 1 aliphatic rings. The number of aromatic nitrogens is 3. The Kier molecular flexibility index (Phi) is 6.27. The van der Waals surface area contributed by atoms with E-state index < -0.39 is 11.8 Å². The summed E-state index contributed by atoms with van der Waals surface area (Å²) in [4.78, 5) is 40.9. The highest BCUT2D eigenvalue weighted by molar-refractivity contribution is 7.09. The molecule has 0 fully saturated rings. The fourth-order valence-corrected chi connectivity index (χ4v) is 4.36. The number of carbonyl (C=O) groups excluding carboxylic acids is 2. The number of primary amides is 1. The quantitative estimate of drug-likeness (QED) is 0.573. The topological polar surface area (TPSA) is 120 Å². The molecule has 0 unspecified atom stereocenters. The Balaban J connectivity index is 1.63. The third kappa shape index (κ3) is 4.83. The summed E-state index contributed by atoms with van der Waals surface area (Å²) in [5.41, 5.74) is 8.76. The number of allylic oxidation sites excluding steroid dienone is 4. The highest BCUT2D eigenvalue weighted by Crippen LogP contribution is 2.27. The van der Waals surface area contributed by atoms with E-state index in [0.717, 1.165) is 23.5 Å². The minimum atomic E-state index is -0.626. The molecule has 2 amide bonds. The molecule has 32 heavy (non-hydrogen) atoms. The van der Waals surface area contributed by atoms with Gasteiger partial charge in [0.05, 0.1) is 36.3 Å². The summed E-state index contributed by atoms with van der Waals surface area (Å²) in [6.07, 6.45) is 6.11. The second-order valence-corrected chi connectivity index (χ2v) is 8.65. The van der Waals surface area contributed by atoms with Crippen LogP contribution in [-0.2, 0) is 22.6 Å². The van der Waals surface area contributed by atoms with Crippen LogP contribution in [0, 0.1) is 0 Å². The first-order valence-corrected chi connectivity index (χ1v) is 11.1. The molecule has 1 aliphatic carbocycles. The largest absolute Gasteiger partial charge is 0.368 e. The van der Waals surface area contributed by atoms with Crippen LogP contribution in [0.1, 0.15) is 36.2 Å². The van der Waals surface area contributed by atoms with Crippen molar-refractivity contribution in [2.24, 2.45) is 5.73 Å². The van der Waals surface area contributed by atoms with Gasteiger partial charge in [-0.15, -0.1) is 11.3 Å². The zero-order valence-electron chi connectivity index (χ0n) is 17.6. The maximum atomic E-state index is 13.0. The predicted octanol–water partition coefficient (Wildman–Crippen LogP) is 2.17. The number of hydrogen-bond donors (Lipinski definition) is 2. The molecule has 1 aromatic carbocycles. The zero-order chi connectivity index (χ0) is 22.7. The number of rotatable bonds is 7. The molecule has 0 atom stereocenters. The van der Waals surface area contributed by atoms with Gasteiger partial charge in [-0.05, 0) is 31.4 Å². The van der Waals surface area contributed by atoms with Gasteiger partial charge in [0.2, 0.25) is 11.8 Å². The molecule has 0 aliphatic heterocycles. The first-order valence-electron chi connectivity index (χ1n) is 10.3. The lowest BCUT2D eigenvalue weighted by atomic mass is 9.98. The standard InChI is InChI=1S/C23H23N5O3S/c1-14-6-8-15(9-7-14)19-13-32-22(26-19)12-28-23(31)17-5-3-2-4-16(17)18(27-28)10-21(30)25-11-20(24)29/h2-6,8,13H,7,9-12H2,1H3,(H2,24,29)(H,25,30). The third-order valence-electron chi connectivity index (χ3n) is 5.26. The van der Waals surface area contributed by atoms with Crippen LogP contribution in [0.5, 0.6) is 0 Å². The molecule has 0 saturated carbocycles. The van der Waals surface area contributed by atoms with Gasteiger partial charge in [-0.25, -0.2) is 9.67 Å². The summed E-state index contributed by atoms with van der Waals surface area (Å²) in [6.45, 7) is 2.08. The van der Waals surface area contributed by atoms with Crippen LogP contribution in [-0.4, -0.2) is 33.1 Å². The Hall–Kier alpha value is -3.59. The monoisotopic (exact) mass is 449 g/mol. The summed E-state index contributed by atoms with van der Waals surface area (Å²) in [5, 5.41) is 10.8. The fraction of sp³-hybridized carbons (Fsp3) is 0.261. The molecule has 0 spiro atoms. The van der Waals surface area contributed by atoms with Crippen LogP contribution in [0.15, 0.2) is 52.2 Å². The highest BCUT2D eigenvalue weighted by atomic mass is 32.1. The minimum Gasteiger partial charge on any atom is -0.368 e. The number of fused-ring (bicyclic) bond motifs is 1. The Morgan fingerprint density at radius 2 is 1.97 bits per heavy atom. The van der Waals surface area contributed by atoms with E-state index in [0.29, 0.717) is 16.5 Å². The van der Waals surface area contributed by atoms with E-state index in [2.05, 4.69) is 29.5 Å². The molecule has 9 heteroatoms. The van der Waals surface area contributed by atoms with Crippen LogP contribution < -0.4 is 16.6 Å². The Bertz CT molecular complexity index is 1320. The molecule has 164 valence electrons. The fourth-order valence-electron chi connectivity index (χ4n) is 3.56. The van der Waals surface area contributed by atoms with Gasteiger partial charge in [-0.3, -0.25) is 14.4 Å². The van der Waals surface area contributed by atoms with Crippen LogP contribution in [0.25, 0.3) is 16.3 Å². The molecule has 3 N–H and O–H groups in total. The molecule has 4 rings (SSSR count). The van der Waals surface area contributed by atoms with E-state index in [1.165, 1.54) is 27.2 Å². The average Bonchev–Trinajstić information content (AvgIpc) is 3.24. The van der Waals surface area contributed by atoms with Gasteiger partial charge in [0.25, 0.3) is 5.56 Å². The van der Waals surface area contributed by atoms with Crippen LogP contribution >= 0.6 is 11.3 Å². The van der Waals surface area contributed by atoms with Crippen molar-refractivity contribution in [1.82, 2.24) is 20.1 Å². The Morgan fingerprint density at radius 1 is 1.19 bits per heavy atom. The number of thiazole rings is 1. The number of nitrogens with one attached hydrogen (secondary N) is 1. The van der Waals surface area contributed by atoms with Crippen LogP contribution in [0.3, 0.4) is 0 Å². The molecule has 0 saturated heterocycles. The van der Waals surface area contributed by atoms with Crippen molar-refractivity contribution in [1.29, 1.82) is 0 Å². The molecule has 2 aromatic heterocycles. The van der Waals surface area contributed by atoms with Gasteiger partial charge >= 0.3 is 0 Å². The summed E-state index contributed by atoms with van der Waals surface area (Å²) in [6, 6.07) is 7.05. The summed E-state index contributed by atoms with van der Waals surface area (Å²) < 4.78 is 1.35. The molecular weight excluding hydrogens is 426 g/mol. The van der Waals surface area contributed by atoms with Crippen LogP contribution in [0.4, 0.5) is 0 Å². The van der Waals surface area contributed by atoms with E-state index in [-0.39, 0.29) is 25.1 Å². The smallest absolute Gasteiger partial charge is 0.275 e. The second-order valence-electron chi connectivity index (χ2n) is 7.71. The zero-order valence-corrected chi connectivity index (χ0v) is 18.4. The normalized spacial score (nSPS) is 13.5. The van der Waals surface area contributed by atoms with Crippen molar-refractivity contribution < 1.29 is 9.59 Å². The van der Waals surface area contributed by atoms with Gasteiger partial charge in [-0.1, -0.05) is 35.9 Å². The summed E-state index contributed by atoms with van der Waals surface area (Å²) >= 11 is 1.48. The maximum Gasteiger partial charge on any atom is 0.275 e. The van der Waals surface area contributed by atoms with E-state index in [4.69, 9.17) is 10.7 Å². The number of nitrogens with two attached hydrogens (primary N) is 1. The lowest BCUT2D eigenvalue weighted by Gasteiger charge is -2.11. The third-order valence-corrected chi connectivity index (χ3v) is 6.09. The number of carbonyl (C=O) groups is 2. The molecule has 0 radical (unpaired) electrons. The van der Waals surface area contributed by atoms with Crippen LogP contribution in [0.2, 0.25) is 0 Å². The lowest BCUT2D eigenvalue weighted by Crippen LogP contribution is -2.35. The van der Waals surface area contributed by atoms with Gasteiger partial charge in [0.15, 0.2) is 0 Å². The van der Waals surface area contributed by atoms with Gasteiger partial charge in [0.1, 0.15) is 5.01 Å². The van der Waals surface area contributed by atoms with E-state index in [1.54, 1.807) is 24.3 Å². The van der Waals surface area contributed by atoms with Crippen molar-refractivity contribution in [3.8, 4) is 0 Å². The molecule has 0 bridgehead atoms. The van der Waals surface area contributed by atoms with Crippen molar-refractivity contribution in [2.45, 2.75) is 32.7 Å². The first-order chi connectivity index (χ1) is 15.4. The molecular formula is C23H23N5O3S. The second kappa shape index (κ2) is 9.27. The lowest BCUT2D eigenvalue weighted by molar-refractivity contribution is -0.124. The summed E-state index contributed by atoms with van der Waals surface area (Å²) in [5.74, 6) is -1.02. The van der Waals surface area contributed by atoms with Crippen molar-refractivity contribution in [3.05, 3.63) is 74.1 Å². The Labute approximate surface area is 188 Å². The van der Waals surface area contributed by atoms with E-state index in [1.807, 2.05) is 5.38 Å². The van der Waals surface area contributed by atoms with Gasteiger partial charge in [-0.2, -0.15) is 5.10 Å². The number of benzene rings is 1. The number of hydrogen-bond acceptors (Lipinski definition) is 6. The Morgan fingerprint density at radius 3 is 2.69 bits per heavy atom. The highest BCUT2D eigenvalue weighted by Gasteiger charge is 2.16. The predicted molar refractivity (Wildman–Crippen MR) is 124 cm³/mol. The summed E-state index contributed by atoms with van der Waals surface area (Å²) in [7, 11) is 0. The number of amides is 2. The van der Waals surface area contributed by atoms with Crippen molar-refractivity contribution in [3.63, 3.8) is 0 Å².